The van der Waals surface area contributed by atoms with Gasteiger partial charge in [-0.2, -0.15) is 0 Å². The molecule has 9 heteroatoms. The van der Waals surface area contributed by atoms with E-state index >= 15 is 0 Å². The molecule has 0 aromatic rings. The maximum atomic E-state index is 12.3. The first-order chi connectivity index (χ1) is 13.4. The second-order valence-corrected chi connectivity index (χ2v) is 8.64. The summed E-state index contributed by atoms with van der Waals surface area (Å²) in [4.78, 5) is 34.4. The quantitative estimate of drug-likeness (QED) is 0.294. The van der Waals surface area contributed by atoms with Crippen LogP contribution in [0, 0.1) is 11.8 Å². The van der Waals surface area contributed by atoms with Crippen molar-refractivity contribution >= 4 is 17.9 Å². The number of aliphatic carboxylic acids is 2. The molecule has 1 aliphatic carbocycles. The first-order valence-electron chi connectivity index (χ1n) is 10.2. The molecule has 6 N–H and O–H groups in total. The molecular formula is C20H35NO8. The molecule has 1 aliphatic rings. The van der Waals surface area contributed by atoms with Crippen molar-refractivity contribution in [3.63, 3.8) is 0 Å². The number of rotatable bonds is 12. The van der Waals surface area contributed by atoms with E-state index in [4.69, 9.17) is 20.7 Å². The molecule has 0 radical (unpaired) electrons. The lowest BCUT2D eigenvalue weighted by atomic mass is 9.82. The number of carboxylic acids is 2. The summed E-state index contributed by atoms with van der Waals surface area (Å²) in [5.41, 5.74) is 3.48. The number of esters is 1. The number of aliphatic hydroxyl groups excluding tert-OH is 1. The molecule has 1 unspecified atom stereocenters. The van der Waals surface area contributed by atoms with Crippen LogP contribution in [0.4, 0.5) is 0 Å². The van der Waals surface area contributed by atoms with Gasteiger partial charge in [0, 0.05) is 6.04 Å². The number of ether oxygens (including phenoxy) is 1. The van der Waals surface area contributed by atoms with Crippen LogP contribution in [-0.2, 0) is 19.1 Å². The molecule has 0 heterocycles. The van der Waals surface area contributed by atoms with Crippen molar-refractivity contribution in [1.82, 2.24) is 0 Å². The van der Waals surface area contributed by atoms with Gasteiger partial charge in [-0.05, 0) is 24.7 Å². The van der Waals surface area contributed by atoms with Gasteiger partial charge in [-0.1, -0.05) is 46.0 Å². The van der Waals surface area contributed by atoms with Crippen molar-refractivity contribution in [1.29, 1.82) is 0 Å². The summed E-state index contributed by atoms with van der Waals surface area (Å²) < 4.78 is 5.31. The Labute approximate surface area is 171 Å². The fourth-order valence-electron chi connectivity index (χ4n) is 3.91. The molecule has 1 saturated carbocycles. The molecule has 0 saturated heterocycles. The summed E-state index contributed by atoms with van der Waals surface area (Å²) in [5, 5.41) is 38.5. The van der Waals surface area contributed by atoms with E-state index in [-0.39, 0.29) is 5.92 Å². The summed E-state index contributed by atoms with van der Waals surface area (Å²) in [6.45, 7) is 3.79. The predicted octanol–water partition coefficient (Wildman–Crippen LogP) is 1.28. The Kier molecular flexibility index (Phi) is 10.0. The lowest BCUT2D eigenvalue weighted by Gasteiger charge is -2.33. The van der Waals surface area contributed by atoms with Gasteiger partial charge in [0.05, 0.1) is 18.9 Å². The SMILES string of the molecule is CC(C)C[C@H](O)[C@H](OC(=O)CC(O)(CC(=O)O)C(=O)O)[C@@H](N)CC1CCCCC1. The molecule has 0 amide bonds. The second-order valence-electron chi connectivity index (χ2n) is 8.64. The monoisotopic (exact) mass is 417 g/mol. The van der Waals surface area contributed by atoms with Gasteiger partial charge in [0.2, 0.25) is 0 Å². The first-order valence-corrected chi connectivity index (χ1v) is 10.2. The third kappa shape index (κ3) is 8.67. The summed E-state index contributed by atoms with van der Waals surface area (Å²) >= 11 is 0. The van der Waals surface area contributed by atoms with Crippen molar-refractivity contribution in [2.24, 2.45) is 17.6 Å². The van der Waals surface area contributed by atoms with Crippen molar-refractivity contribution in [2.75, 3.05) is 0 Å². The highest BCUT2D eigenvalue weighted by molar-refractivity contribution is 5.88. The summed E-state index contributed by atoms with van der Waals surface area (Å²) in [6.07, 6.45) is 2.02. The normalized spacial score (nSPS) is 20.5. The molecular weight excluding hydrogens is 382 g/mol. The van der Waals surface area contributed by atoms with Crippen LogP contribution < -0.4 is 5.73 Å². The minimum absolute atomic E-state index is 0.107. The maximum Gasteiger partial charge on any atom is 0.336 e. The Morgan fingerprint density at radius 1 is 1.10 bits per heavy atom. The minimum atomic E-state index is -2.79. The highest BCUT2D eigenvalue weighted by Gasteiger charge is 2.43. The van der Waals surface area contributed by atoms with Crippen LogP contribution >= 0.6 is 0 Å². The molecule has 1 fully saturated rings. The van der Waals surface area contributed by atoms with Gasteiger partial charge >= 0.3 is 17.9 Å². The van der Waals surface area contributed by atoms with Gasteiger partial charge in [-0.15, -0.1) is 0 Å². The lowest BCUT2D eigenvalue weighted by molar-refractivity contribution is -0.176. The summed E-state index contributed by atoms with van der Waals surface area (Å²) in [6, 6.07) is -0.645. The van der Waals surface area contributed by atoms with Gasteiger partial charge in [0.15, 0.2) is 5.60 Å². The highest BCUT2D eigenvalue weighted by atomic mass is 16.6. The number of hydrogen-bond donors (Lipinski definition) is 5. The standard InChI is InChI=1S/C20H35NO8/c1-12(2)8-15(22)18(14(21)9-13-6-4-3-5-7-13)29-17(25)11-20(28,19(26)27)10-16(23)24/h12-15,18,22,28H,3-11,21H2,1-2H3,(H,23,24)(H,26,27)/t14-,15-,18+,20?/m0/s1. The molecule has 29 heavy (non-hydrogen) atoms. The van der Waals surface area contributed by atoms with E-state index in [0.717, 1.165) is 25.7 Å². The smallest absolute Gasteiger partial charge is 0.336 e. The largest absolute Gasteiger partial charge is 0.481 e. The van der Waals surface area contributed by atoms with Crippen LogP contribution in [-0.4, -0.2) is 62.2 Å². The van der Waals surface area contributed by atoms with E-state index in [1.165, 1.54) is 6.42 Å². The van der Waals surface area contributed by atoms with Crippen molar-refractivity contribution in [3.05, 3.63) is 0 Å². The van der Waals surface area contributed by atoms with E-state index in [2.05, 4.69) is 0 Å². The number of carbonyl (C=O) groups is 3. The highest BCUT2D eigenvalue weighted by Crippen LogP contribution is 2.29. The van der Waals surface area contributed by atoms with Crippen LogP contribution in [0.15, 0.2) is 0 Å². The number of carboxylic acid groups (broad SMARTS) is 2. The topological polar surface area (TPSA) is 167 Å². The maximum absolute atomic E-state index is 12.3. The molecule has 1 rings (SSSR count). The van der Waals surface area contributed by atoms with E-state index in [9.17, 15) is 24.6 Å². The first kappa shape index (κ1) is 25.3. The molecule has 0 spiro atoms. The molecule has 4 atom stereocenters. The van der Waals surface area contributed by atoms with Gasteiger partial charge < -0.3 is 30.9 Å². The van der Waals surface area contributed by atoms with Crippen molar-refractivity contribution in [3.8, 4) is 0 Å². The zero-order valence-electron chi connectivity index (χ0n) is 17.2. The third-order valence-electron chi connectivity index (χ3n) is 5.39. The molecule has 168 valence electrons. The Bertz CT molecular complexity index is 561. The Balaban J connectivity index is 2.86. The third-order valence-corrected chi connectivity index (χ3v) is 5.39. The molecule has 0 aliphatic heterocycles. The summed E-state index contributed by atoms with van der Waals surface area (Å²) in [7, 11) is 0. The van der Waals surface area contributed by atoms with E-state index in [1.54, 1.807) is 0 Å². The summed E-state index contributed by atoms with van der Waals surface area (Å²) in [5.74, 6) is -4.02. The van der Waals surface area contributed by atoms with Crippen LogP contribution in [0.3, 0.4) is 0 Å². The van der Waals surface area contributed by atoms with Gasteiger partial charge in [0.25, 0.3) is 0 Å². The van der Waals surface area contributed by atoms with Crippen molar-refractivity contribution in [2.45, 2.75) is 95.5 Å². The zero-order valence-corrected chi connectivity index (χ0v) is 17.2. The molecule has 0 bridgehead atoms. The van der Waals surface area contributed by atoms with Gasteiger partial charge in [-0.25, -0.2) is 4.79 Å². The molecule has 9 nitrogen and oxygen atoms in total. The Morgan fingerprint density at radius 3 is 2.17 bits per heavy atom. The lowest BCUT2D eigenvalue weighted by Crippen LogP contribution is -2.49. The predicted molar refractivity (Wildman–Crippen MR) is 104 cm³/mol. The van der Waals surface area contributed by atoms with Crippen LogP contribution in [0.1, 0.15) is 71.6 Å². The van der Waals surface area contributed by atoms with Crippen molar-refractivity contribution < 1.29 is 39.5 Å². The van der Waals surface area contributed by atoms with E-state index in [1.807, 2.05) is 13.8 Å². The number of aliphatic hydroxyl groups is 2. The van der Waals surface area contributed by atoms with Crippen LogP contribution in [0.2, 0.25) is 0 Å². The average Bonchev–Trinajstić information content (AvgIpc) is 2.58. The average molecular weight is 417 g/mol. The molecule has 0 aromatic carbocycles. The van der Waals surface area contributed by atoms with E-state index in [0.29, 0.717) is 18.8 Å². The fourth-order valence-corrected chi connectivity index (χ4v) is 3.91. The fraction of sp³-hybridized carbons (Fsp3) is 0.850. The second kappa shape index (κ2) is 11.5. The van der Waals surface area contributed by atoms with Crippen LogP contribution in [0.5, 0.6) is 0 Å². The molecule has 0 aromatic heterocycles. The minimum Gasteiger partial charge on any atom is -0.481 e. The zero-order chi connectivity index (χ0) is 22.2. The van der Waals surface area contributed by atoms with Crippen LogP contribution in [0.25, 0.3) is 0 Å². The number of carbonyl (C=O) groups excluding carboxylic acids is 1. The number of hydrogen-bond acceptors (Lipinski definition) is 7. The Hall–Kier alpha value is -1.71. The van der Waals surface area contributed by atoms with Gasteiger partial charge in [-0.3, -0.25) is 9.59 Å². The number of nitrogens with two attached hydrogens (primary N) is 1. The van der Waals surface area contributed by atoms with E-state index < -0.39 is 54.6 Å². The Morgan fingerprint density at radius 2 is 1.69 bits per heavy atom. The van der Waals surface area contributed by atoms with Gasteiger partial charge in [0.1, 0.15) is 6.10 Å².